The first kappa shape index (κ1) is 18.3. The van der Waals surface area contributed by atoms with E-state index < -0.39 is 4.92 Å². The molecule has 0 unspecified atom stereocenters. The largest absolute Gasteiger partial charge is 0.269 e. The fourth-order valence-electron chi connectivity index (χ4n) is 3.01. The van der Waals surface area contributed by atoms with Crippen LogP contribution in [0.1, 0.15) is 11.1 Å². The maximum absolute atomic E-state index is 10.9. The highest BCUT2D eigenvalue weighted by Gasteiger charge is 2.12. The minimum Gasteiger partial charge on any atom is -0.258 e. The van der Waals surface area contributed by atoms with E-state index >= 15 is 0 Å². The zero-order valence-corrected chi connectivity index (χ0v) is 15.8. The molecule has 0 spiro atoms. The van der Waals surface area contributed by atoms with E-state index in [2.05, 4.69) is 4.99 Å². The van der Waals surface area contributed by atoms with E-state index in [4.69, 9.17) is 5.10 Å². The number of para-hydroxylation sites is 1. The third-order valence-electron chi connectivity index (χ3n) is 4.57. The van der Waals surface area contributed by atoms with Crippen LogP contribution >= 0.6 is 0 Å². The Bertz CT molecular complexity index is 1180. The van der Waals surface area contributed by atoms with Crippen molar-refractivity contribution >= 4 is 17.6 Å². The molecule has 1 heterocycles. The predicted molar refractivity (Wildman–Crippen MR) is 114 cm³/mol. The molecule has 1 aromatic heterocycles. The van der Waals surface area contributed by atoms with Gasteiger partial charge in [-0.25, -0.2) is 4.68 Å². The van der Waals surface area contributed by atoms with Crippen molar-refractivity contribution in [3.63, 3.8) is 0 Å². The molecule has 0 saturated heterocycles. The first-order chi connectivity index (χ1) is 14.1. The predicted octanol–water partition coefficient (Wildman–Crippen LogP) is 5.51. The molecule has 0 bridgehead atoms. The molecule has 142 valence electrons. The molecule has 0 aliphatic heterocycles. The standard InChI is InChI=1S/C23H18N4O2/c1-17-7-5-6-10-22(17)24-15-19-16-26(20-11-13-21(14-12-20)27(28)29)25-23(19)18-8-3-2-4-9-18/h2-16H,1H3. The van der Waals surface area contributed by atoms with Crippen molar-refractivity contribution in [3.05, 3.63) is 106 Å². The van der Waals surface area contributed by atoms with Gasteiger partial charge < -0.3 is 0 Å². The Morgan fingerprint density at radius 2 is 1.66 bits per heavy atom. The lowest BCUT2D eigenvalue weighted by Crippen LogP contribution is -1.95. The van der Waals surface area contributed by atoms with Crippen LogP contribution < -0.4 is 0 Å². The lowest BCUT2D eigenvalue weighted by Gasteiger charge is -2.01. The van der Waals surface area contributed by atoms with Gasteiger partial charge in [0.25, 0.3) is 5.69 Å². The van der Waals surface area contributed by atoms with E-state index in [1.807, 2.05) is 67.7 Å². The first-order valence-corrected chi connectivity index (χ1v) is 9.11. The lowest BCUT2D eigenvalue weighted by atomic mass is 10.1. The highest BCUT2D eigenvalue weighted by Crippen LogP contribution is 2.25. The number of rotatable bonds is 5. The first-order valence-electron chi connectivity index (χ1n) is 9.11. The molecule has 4 rings (SSSR count). The number of aliphatic imine (C=N–C) groups is 1. The van der Waals surface area contributed by atoms with Gasteiger partial charge in [0.2, 0.25) is 0 Å². The average Bonchev–Trinajstić information content (AvgIpc) is 3.18. The monoisotopic (exact) mass is 382 g/mol. The summed E-state index contributed by atoms with van der Waals surface area (Å²) in [4.78, 5) is 15.1. The Morgan fingerprint density at radius 1 is 0.966 bits per heavy atom. The molecule has 29 heavy (non-hydrogen) atoms. The minimum absolute atomic E-state index is 0.0468. The van der Waals surface area contributed by atoms with E-state index in [0.29, 0.717) is 0 Å². The van der Waals surface area contributed by atoms with Crippen LogP contribution in [0.5, 0.6) is 0 Å². The second-order valence-electron chi connectivity index (χ2n) is 6.56. The Hall–Kier alpha value is -4.06. The van der Waals surface area contributed by atoms with Crippen molar-refractivity contribution in [2.45, 2.75) is 6.92 Å². The number of non-ortho nitro benzene ring substituents is 1. The topological polar surface area (TPSA) is 73.3 Å². The quantitative estimate of drug-likeness (QED) is 0.260. The SMILES string of the molecule is Cc1ccccc1N=Cc1cn(-c2ccc([N+](=O)[O-])cc2)nc1-c1ccccc1. The van der Waals surface area contributed by atoms with E-state index in [-0.39, 0.29) is 5.69 Å². The fourth-order valence-corrected chi connectivity index (χ4v) is 3.01. The summed E-state index contributed by atoms with van der Waals surface area (Å²) in [5.41, 5.74) is 5.40. The van der Waals surface area contributed by atoms with Crippen LogP contribution in [0, 0.1) is 17.0 Å². The van der Waals surface area contributed by atoms with Crippen LogP contribution in [0.4, 0.5) is 11.4 Å². The molecule has 0 N–H and O–H groups in total. The van der Waals surface area contributed by atoms with E-state index in [0.717, 1.165) is 33.8 Å². The lowest BCUT2D eigenvalue weighted by molar-refractivity contribution is -0.384. The molecule has 0 aliphatic rings. The number of nitro groups is 1. The van der Waals surface area contributed by atoms with Crippen molar-refractivity contribution < 1.29 is 4.92 Å². The van der Waals surface area contributed by atoms with E-state index in [1.54, 1.807) is 23.0 Å². The second-order valence-corrected chi connectivity index (χ2v) is 6.56. The maximum Gasteiger partial charge on any atom is 0.269 e. The van der Waals surface area contributed by atoms with Crippen LogP contribution in [0.15, 0.2) is 90.1 Å². The van der Waals surface area contributed by atoms with Crippen LogP contribution in [0.3, 0.4) is 0 Å². The molecule has 0 aliphatic carbocycles. The van der Waals surface area contributed by atoms with Gasteiger partial charge in [0.05, 0.1) is 16.3 Å². The van der Waals surface area contributed by atoms with Gasteiger partial charge >= 0.3 is 0 Å². The van der Waals surface area contributed by atoms with Crippen molar-refractivity contribution in [1.29, 1.82) is 0 Å². The summed E-state index contributed by atoms with van der Waals surface area (Å²) in [7, 11) is 0. The number of nitrogens with zero attached hydrogens (tertiary/aromatic N) is 4. The molecule has 0 saturated carbocycles. The minimum atomic E-state index is -0.414. The summed E-state index contributed by atoms with van der Waals surface area (Å²) in [6.07, 6.45) is 3.69. The second kappa shape index (κ2) is 7.90. The number of benzene rings is 3. The number of hydrogen-bond acceptors (Lipinski definition) is 4. The number of nitro benzene ring substituents is 1. The Labute approximate surface area is 167 Å². The fraction of sp³-hybridized carbons (Fsp3) is 0.0435. The summed E-state index contributed by atoms with van der Waals surface area (Å²) in [6.45, 7) is 2.02. The highest BCUT2D eigenvalue weighted by atomic mass is 16.6. The van der Waals surface area contributed by atoms with Crippen LogP contribution in [-0.2, 0) is 0 Å². The van der Waals surface area contributed by atoms with Crippen LogP contribution in [0.25, 0.3) is 16.9 Å². The summed E-state index contributed by atoms with van der Waals surface area (Å²) in [6, 6.07) is 24.1. The molecule has 4 aromatic rings. The molecule has 6 heteroatoms. The molecule has 0 fully saturated rings. The third kappa shape index (κ3) is 3.96. The van der Waals surface area contributed by atoms with E-state index in [9.17, 15) is 10.1 Å². The van der Waals surface area contributed by atoms with Gasteiger partial charge in [-0.15, -0.1) is 0 Å². The molecular weight excluding hydrogens is 364 g/mol. The number of aromatic nitrogens is 2. The van der Waals surface area contributed by atoms with Gasteiger partial charge in [-0.05, 0) is 30.7 Å². The van der Waals surface area contributed by atoms with Gasteiger partial charge in [-0.2, -0.15) is 5.10 Å². The van der Waals surface area contributed by atoms with Crippen molar-refractivity contribution in [1.82, 2.24) is 9.78 Å². The van der Waals surface area contributed by atoms with Crippen molar-refractivity contribution in [2.24, 2.45) is 4.99 Å². The normalized spacial score (nSPS) is 11.1. The van der Waals surface area contributed by atoms with Crippen LogP contribution in [-0.4, -0.2) is 20.9 Å². The summed E-state index contributed by atoms with van der Waals surface area (Å²) in [5, 5.41) is 15.6. The number of hydrogen-bond donors (Lipinski definition) is 0. The molecule has 0 radical (unpaired) electrons. The van der Waals surface area contributed by atoms with Gasteiger partial charge in [0, 0.05) is 35.7 Å². The highest BCUT2D eigenvalue weighted by molar-refractivity contribution is 5.90. The van der Waals surface area contributed by atoms with Gasteiger partial charge in [-0.1, -0.05) is 48.5 Å². The summed E-state index contributed by atoms with van der Waals surface area (Å²) < 4.78 is 1.71. The molecule has 6 nitrogen and oxygen atoms in total. The molecule has 0 atom stereocenters. The molecule has 3 aromatic carbocycles. The Balaban J connectivity index is 1.77. The van der Waals surface area contributed by atoms with Crippen molar-refractivity contribution in [2.75, 3.05) is 0 Å². The van der Waals surface area contributed by atoms with Crippen LogP contribution in [0.2, 0.25) is 0 Å². The van der Waals surface area contributed by atoms with Gasteiger partial charge in [0.15, 0.2) is 0 Å². The number of aryl methyl sites for hydroxylation is 1. The van der Waals surface area contributed by atoms with Crippen molar-refractivity contribution in [3.8, 4) is 16.9 Å². The molecular formula is C23H18N4O2. The summed E-state index contributed by atoms with van der Waals surface area (Å²) in [5.74, 6) is 0. The average molecular weight is 382 g/mol. The Kier molecular flexibility index (Phi) is 4.99. The zero-order chi connectivity index (χ0) is 20.2. The zero-order valence-electron chi connectivity index (χ0n) is 15.8. The molecule has 0 amide bonds. The Morgan fingerprint density at radius 3 is 2.34 bits per heavy atom. The summed E-state index contributed by atoms with van der Waals surface area (Å²) >= 11 is 0. The van der Waals surface area contributed by atoms with Gasteiger partial charge in [-0.3, -0.25) is 15.1 Å². The third-order valence-corrected chi connectivity index (χ3v) is 4.57. The van der Waals surface area contributed by atoms with E-state index in [1.165, 1.54) is 12.1 Å². The smallest absolute Gasteiger partial charge is 0.258 e. The van der Waals surface area contributed by atoms with Gasteiger partial charge in [0.1, 0.15) is 5.69 Å². The maximum atomic E-state index is 10.9.